The van der Waals surface area contributed by atoms with Crippen LogP contribution >= 0.6 is 0 Å². The smallest absolute Gasteiger partial charge is 0.222 e. The molecular weight excluding hydrogens is 252 g/mol. The van der Waals surface area contributed by atoms with Gasteiger partial charge < -0.3 is 9.64 Å². The Morgan fingerprint density at radius 1 is 1.20 bits per heavy atom. The van der Waals surface area contributed by atoms with Gasteiger partial charge in [0.25, 0.3) is 0 Å². The molecule has 2 rings (SSSR count). The molecule has 20 heavy (non-hydrogen) atoms. The van der Waals surface area contributed by atoms with Crippen LogP contribution < -0.4 is 0 Å². The van der Waals surface area contributed by atoms with Crippen LogP contribution in [0.25, 0.3) is 0 Å². The maximum absolute atomic E-state index is 12.0. The van der Waals surface area contributed by atoms with Crippen molar-refractivity contribution in [2.45, 2.75) is 51.5 Å². The molecular formula is C16H30N2O2. The first kappa shape index (κ1) is 15.8. The van der Waals surface area contributed by atoms with Gasteiger partial charge in [-0.05, 0) is 58.0 Å². The molecule has 0 spiro atoms. The van der Waals surface area contributed by atoms with E-state index in [0.717, 1.165) is 51.5 Å². The lowest BCUT2D eigenvalue weighted by atomic mass is 9.91. The van der Waals surface area contributed by atoms with Crippen LogP contribution in [0.1, 0.15) is 45.4 Å². The summed E-state index contributed by atoms with van der Waals surface area (Å²) in [6.07, 6.45) is 6.71. The molecule has 2 heterocycles. The van der Waals surface area contributed by atoms with E-state index in [9.17, 15) is 4.79 Å². The van der Waals surface area contributed by atoms with Crippen LogP contribution in [0.3, 0.4) is 0 Å². The highest BCUT2D eigenvalue weighted by Crippen LogP contribution is 2.24. The lowest BCUT2D eigenvalue weighted by Crippen LogP contribution is -2.42. The molecule has 4 nitrogen and oxygen atoms in total. The average Bonchev–Trinajstić information content (AvgIpc) is 3.00. The molecule has 0 unspecified atom stereocenters. The molecule has 0 bridgehead atoms. The lowest BCUT2D eigenvalue weighted by Gasteiger charge is -2.35. The van der Waals surface area contributed by atoms with Crippen LogP contribution in [0.15, 0.2) is 0 Å². The van der Waals surface area contributed by atoms with E-state index in [1.807, 2.05) is 0 Å². The topological polar surface area (TPSA) is 32.8 Å². The molecule has 2 saturated heterocycles. The average molecular weight is 282 g/mol. The quantitative estimate of drug-likeness (QED) is 0.748. The summed E-state index contributed by atoms with van der Waals surface area (Å²) in [6.45, 7) is 7.36. The van der Waals surface area contributed by atoms with Gasteiger partial charge >= 0.3 is 0 Å². The number of likely N-dealkylation sites (tertiary alicyclic amines) is 2. The van der Waals surface area contributed by atoms with Crippen molar-refractivity contribution in [3.8, 4) is 0 Å². The zero-order valence-corrected chi connectivity index (χ0v) is 13.1. The number of methoxy groups -OCH3 is 1. The number of ether oxygens (including phenoxy) is 1. The van der Waals surface area contributed by atoms with E-state index in [-0.39, 0.29) is 0 Å². The SMILES string of the molecule is COC[C@@H](C)N1CCC(CCC(=O)N2CCCC2)CC1. The summed E-state index contributed by atoms with van der Waals surface area (Å²) in [5, 5.41) is 0. The summed E-state index contributed by atoms with van der Waals surface area (Å²) < 4.78 is 5.23. The molecule has 0 aromatic rings. The number of hydrogen-bond acceptors (Lipinski definition) is 3. The second-order valence-corrected chi connectivity index (χ2v) is 6.41. The van der Waals surface area contributed by atoms with Gasteiger partial charge in [0.1, 0.15) is 0 Å². The lowest BCUT2D eigenvalue weighted by molar-refractivity contribution is -0.130. The fourth-order valence-corrected chi connectivity index (χ4v) is 3.48. The van der Waals surface area contributed by atoms with Crippen LogP contribution in [0.5, 0.6) is 0 Å². The summed E-state index contributed by atoms with van der Waals surface area (Å²) in [6, 6.07) is 0.521. The fraction of sp³-hybridized carbons (Fsp3) is 0.938. The van der Waals surface area contributed by atoms with Crippen molar-refractivity contribution in [3.05, 3.63) is 0 Å². The summed E-state index contributed by atoms with van der Waals surface area (Å²) >= 11 is 0. The number of amides is 1. The monoisotopic (exact) mass is 282 g/mol. The summed E-state index contributed by atoms with van der Waals surface area (Å²) in [5.41, 5.74) is 0. The van der Waals surface area contributed by atoms with Gasteiger partial charge in [-0.15, -0.1) is 0 Å². The molecule has 0 aromatic heterocycles. The molecule has 0 N–H and O–H groups in total. The molecule has 0 aromatic carbocycles. The molecule has 2 fully saturated rings. The number of piperidine rings is 1. The van der Waals surface area contributed by atoms with Crippen molar-refractivity contribution in [3.63, 3.8) is 0 Å². The standard InChI is InChI=1S/C16H30N2O2/c1-14(13-20-2)17-11-7-15(8-12-17)5-6-16(19)18-9-3-4-10-18/h14-15H,3-13H2,1-2H3/t14-/m1/s1. The number of nitrogens with zero attached hydrogens (tertiary/aromatic N) is 2. The van der Waals surface area contributed by atoms with Gasteiger partial charge in [-0.25, -0.2) is 0 Å². The third-order valence-electron chi connectivity index (χ3n) is 4.91. The van der Waals surface area contributed by atoms with E-state index in [1.165, 1.54) is 25.7 Å². The van der Waals surface area contributed by atoms with E-state index in [0.29, 0.717) is 11.9 Å². The Balaban J connectivity index is 1.63. The number of carbonyl (C=O) groups excluding carboxylic acids is 1. The first-order valence-corrected chi connectivity index (χ1v) is 8.21. The van der Waals surface area contributed by atoms with Crippen molar-refractivity contribution >= 4 is 5.91 Å². The molecule has 116 valence electrons. The molecule has 0 aliphatic carbocycles. The van der Waals surface area contributed by atoms with Crippen LogP contribution in [0.2, 0.25) is 0 Å². The minimum Gasteiger partial charge on any atom is -0.383 e. The van der Waals surface area contributed by atoms with Crippen molar-refractivity contribution in [1.29, 1.82) is 0 Å². The highest BCUT2D eigenvalue weighted by atomic mass is 16.5. The third-order valence-corrected chi connectivity index (χ3v) is 4.91. The first-order valence-electron chi connectivity index (χ1n) is 8.21. The predicted molar refractivity (Wildman–Crippen MR) is 80.7 cm³/mol. The highest BCUT2D eigenvalue weighted by Gasteiger charge is 2.24. The molecule has 0 saturated carbocycles. The summed E-state index contributed by atoms with van der Waals surface area (Å²) in [4.78, 5) is 16.6. The largest absolute Gasteiger partial charge is 0.383 e. The second kappa shape index (κ2) is 7.99. The van der Waals surface area contributed by atoms with Gasteiger partial charge in [-0.3, -0.25) is 9.69 Å². The minimum atomic E-state index is 0.387. The minimum absolute atomic E-state index is 0.387. The van der Waals surface area contributed by atoms with Crippen molar-refractivity contribution in [1.82, 2.24) is 9.80 Å². The molecule has 0 radical (unpaired) electrons. The van der Waals surface area contributed by atoms with Crippen molar-refractivity contribution < 1.29 is 9.53 Å². The number of rotatable bonds is 6. The maximum Gasteiger partial charge on any atom is 0.222 e. The third kappa shape index (κ3) is 4.45. The molecule has 1 atom stereocenters. The Kier molecular flexibility index (Phi) is 6.30. The fourth-order valence-electron chi connectivity index (χ4n) is 3.48. The number of carbonyl (C=O) groups is 1. The van der Waals surface area contributed by atoms with Gasteiger partial charge in [0.15, 0.2) is 0 Å². The number of hydrogen-bond donors (Lipinski definition) is 0. The first-order chi connectivity index (χ1) is 9.70. The van der Waals surface area contributed by atoms with Crippen LogP contribution in [-0.4, -0.2) is 61.6 Å². The van der Waals surface area contributed by atoms with E-state index >= 15 is 0 Å². The Hall–Kier alpha value is -0.610. The molecule has 2 aliphatic rings. The zero-order valence-electron chi connectivity index (χ0n) is 13.1. The normalized spacial score (nSPS) is 23.2. The predicted octanol–water partition coefficient (Wildman–Crippen LogP) is 2.14. The maximum atomic E-state index is 12.0. The van der Waals surface area contributed by atoms with E-state index in [2.05, 4.69) is 16.7 Å². The van der Waals surface area contributed by atoms with Crippen LogP contribution in [0.4, 0.5) is 0 Å². The Morgan fingerprint density at radius 2 is 1.85 bits per heavy atom. The zero-order chi connectivity index (χ0) is 14.4. The molecule has 4 heteroatoms. The van der Waals surface area contributed by atoms with Crippen LogP contribution in [0, 0.1) is 5.92 Å². The molecule has 2 aliphatic heterocycles. The van der Waals surface area contributed by atoms with Gasteiger partial charge in [0.2, 0.25) is 5.91 Å². The van der Waals surface area contributed by atoms with Gasteiger partial charge in [0.05, 0.1) is 6.61 Å². The highest BCUT2D eigenvalue weighted by molar-refractivity contribution is 5.76. The van der Waals surface area contributed by atoms with E-state index < -0.39 is 0 Å². The second-order valence-electron chi connectivity index (χ2n) is 6.41. The summed E-state index contributed by atoms with van der Waals surface area (Å²) in [5.74, 6) is 1.13. The summed E-state index contributed by atoms with van der Waals surface area (Å²) in [7, 11) is 1.77. The van der Waals surface area contributed by atoms with E-state index in [1.54, 1.807) is 7.11 Å². The molecule has 1 amide bonds. The van der Waals surface area contributed by atoms with Crippen molar-refractivity contribution in [2.75, 3.05) is 39.9 Å². The van der Waals surface area contributed by atoms with Crippen molar-refractivity contribution in [2.24, 2.45) is 5.92 Å². The van der Waals surface area contributed by atoms with Gasteiger partial charge in [0, 0.05) is 32.7 Å². The Labute approximate surface area is 123 Å². The van der Waals surface area contributed by atoms with E-state index in [4.69, 9.17) is 4.74 Å². The Bertz CT molecular complexity index is 295. The van der Waals surface area contributed by atoms with Gasteiger partial charge in [-0.2, -0.15) is 0 Å². The Morgan fingerprint density at radius 3 is 2.45 bits per heavy atom. The van der Waals surface area contributed by atoms with Gasteiger partial charge in [-0.1, -0.05) is 0 Å². The van der Waals surface area contributed by atoms with Crippen LogP contribution in [-0.2, 0) is 9.53 Å².